The van der Waals surface area contributed by atoms with E-state index in [1.165, 1.54) is 4.90 Å². The van der Waals surface area contributed by atoms with Crippen LogP contribution in [0, 0.1) is 0 Å². The Morgan fingerprint density at radius 1 is 1.48 bits per heavy atom. The van der Waals surface area contributed by atoms with Crippen LogP contribution in [0.25, 0.3) is 0 Å². The molecule has 1 aliphatic heterocycles. The first kappa shape index (κ1) is 16.0. The summed E-state index contributed by atoms with van der Waals surface area (Å²) < 4.78 is 18.8. The highest BCUT2D eigenvalue weighted by Crippen LogP contribution is 2.24. The Morgan fingerprint density at radius 2 is 2.24 bits per heavy atom. The van der Waals surface area contributed by atoms with Crippen LogP contribution in [-0.4, -0.2) is 47.9 Å². The van der Waals surface area contributed by atoms with E-state index in [1.54, 1.807) is 12.1 Å². The standard InChI is InChI=1S/C15H19ClFNO3/c16-13-4-1-2-5-14(13)21-7-3-6-15(20)18-9-11(17)8-12(18)10-19/h1-2,4-5,11-12,19H,3,6-10H2. The van der Waals surface area contributed by atoms with Gasteiger partial charge in [0.25, 0.3) is 0 Å². The van der Waals surface area contributed by atoms with E-state index in [-0.39, 0.29) is 31.9 Å². The lowest BCUT2D eigenvalue weighted by Crippen LogP contribution is -2.37. The number of aliphatic hydroxyl groups excluding tert-OH is 1. The van der Waals surface area contributed by atoms with Crippen molar-refractivity contribution >= 4 is 17.5 Å². The van der Waals surface area contributed by atoms with Crippen molar-refractivity contribution in [3.63, 3.8) is 0 Å². The number of alkyl halides is 1. The largest absolute Gasteiger partial charge is 0.492 e. The Hall–Kier alpha value is -1.33. The van der Waals surface area contributed by atoms with E-state index in [1.807, 2.05) is 12.1 Å². The summed E-state index contributed by atoms with van der Waals surface area (Å²) in [7, 11) is 0. The second kappa shape index (κ2) is 7.61. The van der Waals surface area contributed by atoms with Gasteiger partial charge in [0.2, 0.25) is 5.91 Å². The Morgan fingerprint density at radius 3 is 2.95 bits per heavy atom. The molecule has 0 radical (unpaired) electrons. The molecule has 1 aromatic rings. The van der Waals surface area contributed by atoms with Gasteiger partial charge in [-0.3, -0.25) is 4.79 Å². The zero-order chi connectivity index (χ0) is 15.2. The minimum absolute atomic E-state index is 0.0788. The van der Waals surface area contributed by atoms with Crippen molar-refractivity contribution in [1.29, 1.82) is 0 Å². The number of hydrogen-bond donors (Lipinski definition) is 1. The molecule has 2 atom stereocenters. The molecule has 21 heavy (non-hydrogen) atoms. The van der Waals surface area contributed by atoms with Crippen molar-refractivity contribution in [2.75, 3.05) is 19.8 Å². The number of rotatable bonds is 6. The molecule has 1 heterocycles. The maximum absolute atomic E-state index is 13.3. The van der Waals surface area contributed by atoms with Gasteiger partial charge in [-0.25, -0.2) is 4.39 Å². The fourth-order valence-electron chi connectivity index (χ4n) is 2.45. The maximum Gasteiger partial charge on any atom is 0.223 e. The third kappa shape index (κ3) is 4.32. The summed E-state index contributed by atoms with van der Waals surface area (Å²) in [5.74, 6) is 0.446. The molecule has 0 aliphatic carbocycles. The van der Waals surface area contributed by atoms with Gasteiger partial charge in [-0.15, -0.1) is 0 Å². The fourth-order valence-corrected chi connectivity index (χ4v) is 2.64. The molecule has 0 spiro atoms. The van der Waals surface area contributed by atoms with Crippen molar-refractivity contribution in [1.82, 2.24) is 4.90 Å². The highest BCUT2D eigenvalue weighted by Gasteiger charge is 2.34. The van der Waals surface area contributed by atoms with Crippen molar-refractivity contribution in [3.8, 4) is 5.75 Å². The number of hydrogen-bond acceptors (Lipinski definition) is 3. The van der Waals surface area contributed by atoms with E-state index in [0.717, 1.165) is 0 Å². The number of amides is 1. The number of aliphatic hydroxyl groups is 1. The molecule has 1 aromatic carbocycles. The van der Waals surface area contributed by atoms with Gasteiger partial charge in [-0.05, 0) is 18.6 Å². The summed E-state index contributed by atoms with van der Waals surface area (Å²) in [6, 6.07) is 6.75. The van der Waals surface area contributed by atoms with Crippen molar-refractivity contribution in [2.24, 2.45) is 0 Å². The quantitative estimate of drug-likeness (QED) is 0.820. The van der Waals surface area contributed by atoms with Gasteiger partial charge in [0.05, 0.1) is 30.8 Å². The van der Waals surface area contributed by atoms with E-state index < -0.39 is 12.2 Å². The Bertz CT molecular complexity index is 486. The summed E-state index contributed by atoms with van der Waals surface area (Å²) >= 11 is 5.95. The van der Waals surface area contributed by atoms with Gasteiger partial charge in [0.15, 0.2) is 0 Å². The molecule has 1 amide bonds. The predicted octanol–water partition coefficient (Wildman–Crippen LogP) is 2.43. The first-order chi connectivity index (χ1) is 10.1. The summed E-state index contributed by atoms with van der Waals surface area (Å²) in [4.78, 5) is 13.4. The van der Waals surface area contributed by atoms with Crippen LogP contribution in [0.1, 0.15) is 19.3 Å². The number of likely N-dealkylation sites (tertiary alicyclic amines) is 1. The van der Waals surface area contributed by atoms with Crippen LogP contribution in [0.15, 0.2) is 24.3 Å². The third-order valence-corrected chi connectivity index (χ3v) is 3.84. The predicted molar refractivity (Wildman–Crippen MR) is 78.3 cm³/mol. The number of carbonyl (C=O) groups excluding carboxylic acids is 1. The number of halogens is 2. The molecule has 1 N–H and O–H groups in total. The van der Waals surface area contributed by atoms with Crippen LogP contribution in [-0.2, 0) is 4.79 Å². The van der Waals surface area contributed by atoms with Crippen LogP contribution in [0.5, 0.6) is 5.75 Å². The molecule has 0 aromatic heterocycles. The number of carbonyl (C=O) groups is 1. The highest BCUT2D eigenvalue weighted by molar-refractivity contribution is 6.32. The van der Waals surface area contributed by atoms with Crippen LogP contribution >= 0.6 is 11.6 Å². The molecule has 1 saturated heterocycles. The number of ether oxygens (including phenoxy) is 1. The lowest BCUT2D eigenvalue weighted by atomic mass is 10.2. The van der Waals surface area contributed by atoms with Gasteiger partial charge in [0.1, 0.15) is 11.9 Å². The zero-order valence-corrected chi connectivity index (χ0v) is 12.4. The molecular formula is C15H19ClFNO3. The molecule has 2 rings (SSSR count). The molecule has 1 aliphatic rings. The Labute approximate surface area is 128 Å². The SMILES string of the molecule is O=C(CCCOc1ccccc1Cl)N1CC(F)CC1CO. The summed E-state index contributed by atoms with van der Waals surface area (Å²) in [6.07, 6.45) is -0.0210. The fraction of sp³-hybridized carbons (Fsp3) is 0.533. The van der Waals surface area contributed by atoms with E-state index in [0.29, 0.717) is 23.8 Å². The summed E-state index contributed by atoms with van der Waals surface area (Å²) in [5.41, 5.74) is 0. The monoisotopic (exact) mass is 315 g/mol. The average Bonchev–Trinajstić information content (AvgIpc) is 2.86. The van der Waals surface area contributed by atoms with Crippen molar-refractivity contribution in [2.45, 2.75) is 31.5 Å². The molecule has 2 unspecified atom stereocenters. The van der Waals surface area contributed by atoms with Crippen molar-refractivity contribution < 1.29 is 19.0 Å². The molecule has 1 fully saturated rings. The van der Waals surface area contributed by atoms with Gasteiger partial charge in [0, 0.05) is 12.8 Å². The normalized spacial score (nSPS) is 21.6. The minimum Gasteiger partial charge on any atom is -0.492 e. The van der Waals surface area contributed by atoms with E-state index in [9.17, 15) is 9.18 Å². The number of nitrogens with zero attached hydrogens (tertiary/aromatic N) is 1. The van der Waals surface area contributed by atoms with Gasteiger partial charge in [-0.1, -0.05) is 23.7 Å². The zero-order valence-electron chi connectivity index (χ0n) is 11.7. The molecule has 6 heteroatoms. The van der Waals surface area contributed by atoms with Crippen LogP contribution < -0.4 is 4.74 Å². The lowest BCUT2D eigenvalue weighted by Gasteiger charge is -2.22. The minimum atomic E-state index is -1.04. The van der Waals surface area contributed by atoms with Crippen molar-refractivity contribution in [3.05, 3.63) is 29.3 Å². The number of benzene rings is 1. The molecular weight excluding hydrogens is 297 g/mol. The summed E-state index contributed by atoms with van der Waals surface area (Å²) in [5, 5.41) is 9.69. The smallest absolute Gasteiger partial charge is 0.223 e. The first-order valence-electron chi connectivity index (χ1n) is 7.03. The third-order valence-electron chi connectivity index (χ3n) is 3.52. The van der Waals surface area contributed by atoms with Gasteiger partial charge >= 0.3 is 0 Å². The maximum atomic E-state index is 13.3. The highest BCUT2D eigenvalue weighted by atomic mass is 35.5. The van der Waals surface area contributed by atoms with Crippen LogP contribution in [0.2, 0.25) is 5.02 Å². The van der Waals surface area contributed by atoms with Gasteiger partial charge in [-0.2, -0.15) is 0 Å². The molecule has 0 saturated carbocycles. The Kier molecular flexibility index (Phi) is 5.82. The summed E-state index contributed by atoms with van der Waals surface area (Å²) in [6.45, 7) is 0.254. The Balaban J connectivity index is 1.73. The lowest BCUT2D eigenvalue weighted by molar-refractivity contribution is -0.133. The molecule has 4 nitrogen and oxygen atoms in total. The van der Waals surface area contributed by atoms with E-state index >= 15 is 0 Å². The second-order valence-corrected chi connectivity index (χ2v) is 5.51. The van der Waals surface area contributed by atoms with E-state index in [4.69, 9.17) is 21.4 Å². The van der Waals surface area contributed by atoms with Crippen LogP contribution in [0.3, 0.4) is 0 Å². The molecule has 116 valence electrons. The topological polar surface area (TPSA) is 49.8 Å². The second-order valence-electron chi connectivity index (χ2n) is 5.10. The first-order valence-corrected chi connectivity index (χ1v) is 7.41. The van der Waals surface area contributed by atoms with E-state index in [2.05, 4.69) is 0 Å². The van der Waals surface area contributed by atoms with Crippen LogP contribution in [0.4, 0.5) is 4.39 Å². The van der Waals surface area contributed by atoms with Gasteiger partial charge < -0.3 is 14.7 Å². The number of para-hydroxylation sites is 1. The molecule has 0 bridgehead atoms. The average molecular weight is 316 g/mol.